The van der Waals surface area contributed by atoms with Crippen molar-refractivity contribution in [2.24, 2.45) is 0 Å². The lowest BCUT2D eigenvalue weighted by Gasteiger charge is -2.09. The number of anilines is 1. The van der Waals surface area contributed by atoms with Crippen LogP contribution in [0.25, 0.3) is 11.6 Å². The molecular formula is C22H17ClFN5O2. The first-order valence-electron chi connectivity index (χ1n) is 9.13. The predicted molar refractivity (Wildman–Crippen MR) is 114 cm³/mol. The third-order valence-electron chi connectivity index (χ3n) is 4.43. The van der Waals surface area contributed by atoms with Crippen molar-refractivity contribution in [3.05, 3.63) is 75.7 Å². The van der Waals surface area contributed by atoms with E-state index in [-0.39, 0.29) is 53.0 Å². The summed E-state index contributed by atoms with van der Waals surface area (Å²) in [6.07, 6.45) is 1.56. The smallest absolute Gasteiger partial charge is 0.140 e. The lowest BCUT2D eigenvalue weighted by Crippen LogP contribution is -2.07. The van der Waals surface area contributed by atoms with Gasteiger partial charge in [0.15, 0.2) is 0 Å². The molecule has 0 saturated heterocycles. The number of aliphatic hydroxyl groups is 1. The van der Waals surface area contributed by atoms with Crippen molar-refractivity contribution >= 4 is 29.1 Å². The van der Waals surface area contributed by atoms with E-state index in [4.69, 9.17) is 27.2 Å². The summed E-state index contributed by atoms with van der Waals surface area (Å²) in [5.41, 5.74) is 7.17. The molecule has 31 heavy (non-hydrogen) atoms. The normalized spacial score (nSPS) is 11.1. The lowest BCUT2D eigenvalue weighted by molar-refractivity contribution is 0.270. The number of ether oxygens (including phenoxy) is 1. The highest BCUT2D eigenvalue weighted by Crippen LogP contribution is 2.26. The number of aromatic nitrogens is 2. The molecule has 0 aliphatic heterocycles. The number of benzene rings is 2. The van der Waals surface area contributed by atoms with E-state index in [0.717, 1.165) is 0 Å². The minimum Gasteiger partial charge on any atom is -0.489 e. The first-order valence-corrected chi connectivity index (χ1v) is 9.51. The van der Waals surface area contributed by atoms with Crippen molar-refractivity contribution in [1.29, 1.82) is 10.5 Å². The molecule has 3 aromatic rings. The second kappa shape index (κ2) is 9.77. The molecule has 3 N–H and O–H groups in total. The van der Waals surface area contributed by atoms with Crippen LogP contribution in [-0.2, 0) is 13.2 Å². The van der Waals surface area contributed by atoms with Gasteiger partial charge in [0.1, 0.15) is 47.4 Å². The van der Waals surface area contributed by atoms with Crippen molar-refractivity contribution in [2.45, 2.75) is 13.2 Å². The van der Waals surface area contributed by atoms with Crippen LogP contribution in [0, 0.1) is 28.5 Å². The summed E-state index contributed by atoms with van der Waals surface area (Å²) in [4.78, 5) is 0. The molecule has 1 aromatic heterocycles. The maximum atomic E-state index is 13.8. The third kappa shape index (κ3) is 4.84. The highest BCUT2D eigenvalue weighted by Gasteiger charge is 2.18. The van der Waals surface area contributed by atoms with Gasteiger partial charge in [-0.2, -0.15) is 15.6 Å². The van der Waals surface area contributed by atoms with Gasteiger partial charge in [-0.15, -0.1) is 0 Å². The van der Waals surface area contributed by atoms with E-state index in [1.807, 2.05) is 12.1 Å². The van der Waals surface area contributed by atoms with E-state index in [2.05, 4.69) is 5.10 Å². The molecule has 0 radical (unpaired) electrons. The van der Waals surface area contributed by atoms with Gasteiger partial charge in [-0.05, 0) is 35.9 Å². The number of nitrogen functional groups attached to an aromatic ring is 1. The zero-order chi connectivity index (χ0) is 22.4. The van der Waals surface area contributed by atoms with Gasteiger partial charge < -0.3 is 15.6 Å². The van der Waals surface area contributed by atoms with Crippen molar-refractivity contribution in [1.82, 2.24) is 9.78 Å². The SMILES string of the molecule is N#CC(=Cc1ccc(OCc2c(F)cccc2Cl)cc1)c1nn(CCO)c(N)c1C#N. The molecule has 7 nitrogen and oxygen atoms in total. The van der Waals surface area contributed by atoms with Crippen LogP contribution in [0.1, 0.15) is 22.4 Å². The van der Waals surface area contributed by atoms with Crippen LogP contribution >= 0.6 is 11.6 Å². The van der Waals surface area contributed by atoms with Crippen LogP contribution in [0.5, 0.6) is 5.75 Å². The highest BCUT2D eigenvalue weighted by molar-refractivity contribution is 6.31. The molecule has 0 bridgehead atoms. The molecule has 0 atom stereocenters. The Hall–Kier alpha value is -3.85. The van der Waals surface area contributed by atoms with E-state index < -0.39 is 5.82 Å². The average molecular weight is 438 g/mol. The van der Waals surface area contributed by atoms with Crippen LogP contribution in [0.4, 0.5) is 10.2 Å². The van der Waals surface area contributed by atoms with E-state index in [9.17, 15) is 14.9 Å². The number of halogens is 2. The number of allylic oxidation sites excluding steroid dienone is 1. The Morgan fingerprint density at radius 1 is 1.26 bits per heavy atom. The predicted octanol–water partition coefficient (Wildman–Crippen LogP) is 3.76. The zero-order valence-electron chi connectivity index (χ0n) is 16.2. The summed E-state index contributed by atoms with van der Waals surface area (Å²) in [5.74, 6) is 0.131. The van der Waals surface area contributed by atoms with Crippen molar-refractivity contribution in [2.75, 3.05) is 12.3 Å². The first kappa shape index (κ1) is 21.8. The first-order chi connectivity index (χ1) is 15.0. The highest BCUT2D eigenvalue weighted by atomic mass is 35.5. The molecule has 1 heterocycles. The molecule has 3 rings (SSSR count). The van der Waals surface area contributed by atoms with Gasteiger partial charge in [0.25, 0.3) is 0 Å². The van der Waals surface area contributed by atoms with Crippen molar-refractivity contribution in [3.8, 4) is 17.9 Å². The monoisotopic (exact) mass is 437 g/mol. The van der Waals surface area contributed by atoms with Crippen LogP contribution in [0.3, 0.4) is 0 Å². The summed E-state index contributed by atoms with van der Waals surface area (Å²) in [6, 6.07) is 15.1. The largest absolute Gasteiger partial charge is 0.489 e. The van der Waals surface area contributed by atoms with Gasteiger partial charge >= 0.3 is 0 Å². The molecule has 0 aliphatic rings. The Balaban J connectivity index is 1.81. The number of aliphatic hydroxyl groups excluding tert-OH is 1. The Morgan fingerprint density at radius 2 is 2.00 bits per heavy atom. The van der Waals surface area contributed by atoms with E-state index in [1.54, 1.807) is 36.4 Å². The summed E-state index contributed by atoms with van der Waals surface area (Å²) in [6.45, 7) is -0.129. The second-order valence-corrected chi connectivity index (χ2v) is 6.80. The fourth-order valence-corrected chi connectivity index (χ4v) is 3.06. The van der Waals surface area contributed by atoms with Gasteiger partial charge in [-0.25, -0.2) is 9.07 Å². The number of hydrogen-bond acceptors (Lipinski definition) is 6. The topological polar surface area (TPSA) is 121 Å². The van der Waals surface area contributed by atoms with E-state index >= 15 is 0 Å². The zero-order valence-corrected chi connectivity index (χ0v) is 17.0. The molecule has 9 heteroatoms. The fourth-order valence-electron chi connectivity index (χ4n) is 2.85. The Morgan fingerprint density at radius 3 is 2.61 bits per heavy atom. The Kier molecular flexibility index (Phi) is 6.88. The summed E-state index contributed by atoms with van der Waals surface area (Å²) < 4.78 is 20.7. The molecule has 0 aliphatic carbocycles. The van der Waals surface area contributed by atoms with E-state index in [1.165, 1.54) is 16.8 Å². The molecule has 0 fully saturated rings. The Labute approximate surface area is 183 Å². The van der Waals surface area contributed by atoms with Gasteiger partial charge in [-0.1, -0.05) is 29.8 Å². The minimum absolute atomic E-state index is 0.0305. The van der Waals surface area contributed by atoms with E-state index in [0.29, 0.717) is 11.3 Å². The molecule has 156 valence electrons. The summed E-state index contributed by atoms with van der Waals surface area (Å²) in [5, 5.41) is 32.5. The second-order valence-electron chi connectivity index (χ2n) is 6.40. The molecule has 0 unspecified atom stereocenters. The standard InChI is InChI=1S/C22H17ClFN5O2/c23-19-2-1-3-20(24)18(19)13-31-16-6-4-14(5-7-16)10-15(11-25)21-17(12-26)22(27)29(28-21)8-9-30/h1-7,10,30H,8-9,13,27H2. The number of hydrogen-bond donors (Lipinski definition) is 2. The number of nitrogens with zero attached hydrogens (tertiary/aromatic N) is 4. The minimum atomic E-state index is -0.445. The summed E-state index contributed by atoms with van der Waals surface area (Å²) in [7, 11) is 0. The number of rotatable bonds is 7. The molecule has 0 amide bonds. The third-order valence-corrected chi connectivity index (χ3v) is 4.78. The average Bonchev–Trinajstić information content (AvgIpc) is 3.08. The van der Waals surface area contributed by atoms with Crippen molar-refractivity contribution < 1.29 is 14.2 Å². The molecule has 0 saturated carbocycles. The van der Waals surface area contributed by atoms with Crippen LogP contribution in [0.15, 0.2) is 42.5 Å². The lowest BCUT2D eigenvalue weighted by atomic mass is 10.1. The van der Waals surface area contributed by atoms with Crippen LogP contribution in [-0.4, -0.2) is 21.5 Å². The summed E-state index contributed by atoms with van der Waals surface area (Å²) >= 11 is 6.00. The molecular weight excluding hydrogens is 421 g/mol. The van der Waals surface area contributed by atoms with Gasteiger partial charge in [0, 0.05) is 5.56 Å². The maximum Gasteiger partial charge on any atom is 0.140 e. The molecule has 2 aromatic carbocycles. The van der Waals surface area contributed by atoms with Gasteiger partial charge in [-0.3, -0.25) is 0 Å². The molecule has 0 spiro atoms. The fraction of sp³-hybridized carbons (Fsp3) is 0.136. The maximum absolute atomic E-state index is 13.8. The quantitative estimate of drug-likeness (QED) is 0.543. The Bertz CT molecular complexity index is 1190. The number of nitrogens with two attached hydrogens (primary N) is 1. The van der Waals surface area contributed by atoms with Gasteiger partial charge in [0.2, 0.25) is 0 Å². The van der Waals surface area contributed by atoms with Crippen LogP contribution < -0.4 is 10.5 Å². The van der Waals surface area contributed by atoms with Gasteiger partial charge in [0.05, 0.1) is 23.7 Å². The van der Waals surface area contributed by atoms with Crippen LogP contribution in [0.2, 0.25) is 5.02 Å². The van der Waals surface area contributed by atoms with Crippen molar-refractivity contribution in [3.63, 3.8) is 0 Å². The number of nitriles is 2.